The van der Waals surface area contributed by atoms with E-state index in [1.54, 1.807) is 0 Å². The Balaban J connectivity index is 2.81. The van der Waals surface area contributed by atoms with Gasteiger partial charge in [-0.2, -0.15) is 12.6 Å². The van der Waals surface area contributed by atoms with E-state index in [0.717, 1.165) is 17.7 Å². The molecule has 24 heavy (non-hydrogen) atoms. The van der Waals surface area contributed by atoms with Gasteiger partial charge in [0, 0.05) is 24.7 Å². The minimum Gasteiger partial charge on any atom is -0.346 e. The van der Waals surface area contributed by atoms with Crippen LogP contribution in [-0.4, -0.2) is 19.0 Å². The van der Waals surface area contributed by atoms with Crippen LogP contribution in [0.4, 0.5) is 0 Å². The summed E-state index contributed by atoms with van der Waals surface area (Å²) in [5.41, 5.74) is 1.11. The standard InChI is InChI=1S/C21H36O2S/c1-4-7-8-9-10-12-17-20(18-24)21(22-5-2,23-6-3)19-15-13-11-14-16-19/h11,13-16,20,24H,4-10,12,17-18H2,1-3H3. The summed E-state index contributed by atoms with van der Waals surface area (Å²) < 4.78 is 12.5. The van der Waals surface area contributed by atoms with Gasteiger partial charge < -0.3 is 9.47 Å². The average molecular weight is 353 g/mol. The lowest BCUT2D eigenvalue weighted by Crippen LogP contribution is -2.42. The first-order valence-corrected chi connectivity index (χ1v) is 10.3. The van der Waals surface area contributed by atoms with Gasteiger partial charge in [0.2, 0.25) is 0 Å². The molecule has 0 bridgehead atoms. The average Bonchev–Trinajstić information content (AvgIpc) is 2.62. The van der Waals surface area contributed by atoms with E-state index in [9.17, 15) is 0 Å². The molecule has 3 heteroatoms. The maximum absolute atomic E-state index is 6.23. The van der Waals surface area contributed by atoms with Gasteiger partial charge in [0.1, 0.15) is 0 Å². The minimum atomic E-state index is -0.671. The molecule has 0 saturated carbocycles. The van der Waals surface area contributed by atoms with Crippen LogP contribution < -0.4 is 0 Å². The SMILES string of the molecule is CCCCCCCCC(CS)C(OCC)(OCC)c1ccccc1. The Hall–Kier alpha value is -0.510. The molecule has 0 fully saturated rings. The van der Waals surface area contributed by atoms with Crippen molar-refractivity contribution < 1.29 is 9.47 Å². The normalized spacial score (nSPS) is 13.2. The van der Waals surface area contributed by atoms with E-state index in [0.29, 0.717) is 13.2 Å². The Morgan fingerprint density at radius 1 is 0.875 bits per heavy atom. The van der Waals surface area contributed by atoms with Crippen molar-refractivity contribution in [3.05, 3.63) is 35.9 Å². The molecule has 0 N–H and O–H groups in total. The Morgan fingerprint density at radius 2 is 1.46 bits per heavy atom. The zero-order chi connectivity index (χ0) is 17.7. The van der Waals surface area contributed by atoms with Crippen LogP contribution in [0, 0.1) is 5.92 Å². The Morgan fingerprint density at radius 3 is 2.00 bits per heavy atom. The highest BCUT2D eigenvalue weighted by molar-refractivity contribution is 7.80. The molecule has 0 amide bonds. The second-order valence-electron chi connectivity index (χ2n) is 6.34. The molecule has 0 aliphatic rings. The summed E-state index contributed by atoms with van der Waals surface area (Å²) in [4.78, 5) is 0. The van der Waals surface area contributed by atoms with Gasteiger partial charge in [-0.25, -0.2) is 0 Å². The number of thiol groups is 1. The first-order valence-electron chi connectivity index (χ1n) is 9.69. The summed E-state index contributed by atoms with van der Waals surface area (Å²) in [5, 5.41) is 0. The van der Waals surface area contributed by atoms with E-state index in [1.165, 1.54) is 38.5 Å². The number of ether oxygens (including phenoxy) is 2. The van der Waals surface area contributed by atoms with Crippen LogP contribution in [0.1, 0.15) is 71.3 Å². The maximum atomic E-state index is 6.23. The molecule has 0 aromatic heterocycles. The van der Waals surface area contributed by atoms with Gasteiger partial charge in [0.25, 0.3) is 0 Å². The van der Waals surface area contributed by atoms with Crippen LogP contribution in [0.15, 0.2) is 30.3 Å². The second-order valence-corrected chi connectivity index (χ2v) is 6.70. The Bertz CT molecular complexity index is 402. The third kappa shape index (κ3) is 6.42. The number of hydrogen-bond acceptors (Lipinski definition) is 3. The van der Waals surface area contributed by atoms with Gasteiger partial charge in [0.05, 0.1) is 0 Å². The summed E-state index contributed by atoms with van der Waals surface area (Å²) in [6.07, 6.45) is 8.91. The van der Waals surface area contributed by atoms with Crippen molar-refractivity contribution in [2.45, 2.75) is 71.5 Å². The lowest BCUT2D eigenvalue weighted by Gasteiger charge is -2.40. The fourth-order valence-electron chi connectivity index (χ4n) is 3.35. The third-order valence-corrected chi connectivity index (χ3v) is 5.00. The van der Waals surface area contributed by atoms with Gasteiger partial charge in [-0.15, -0.1) is 0 Å². The van der Waals surface area contributed by atoms with E-state index < -0.39 is 5.79 Å². The molecule has 138 valence electrons. The molecule has 1 aromatic rings. The molecular weight excluding hydrogens is 316 g/mol. The van der Waals surface area contributed by atoms with Gasteiger partial charge in [-0.3, -0.25) is 0 Å². The highest BCUT2D eigenvalue weighted by atomic mass is 32.1. The van der Waals surface area contributed by atoms with Gasteiger partial charge in [-0.1, -0.05) is 75.8 Å². The van der Waals surface area contributed by atoms with E-state index in [-0.39, 0.29) is 5.92 Å². The number of benzene rings is 1. The van der Waals surface area contributed by atoms with Crippen LogP contribution in [0.3, 0.4) is 0 Å². The minimum absolute atomic E-state index is 0.259. The molecule has 0 saturated heterocycles. The highest BCUT2D eigenvalue weighted by Gasteiger charge is 2.41. The summed E-state index contributed by atoms with van der Waals surface area (Å²) in [5.74, 6) is 0.356. The summed E-state index contributed by atoms with van der Waals surface area (Å²) in [7, 11) is 0. The van der Waals surface area contributed by atoms with Crippen LogP contribution in [0.25, 0.3) is 0 Å². The van der Waals surface area contributed by atoms with E-state index in [4.69, 9.17) is 9.47 Å². The van der Waals surface area contributed by atoms with Crippen molar-refractivity contribution in [3.8, 4) is 0 Å². The zero-order valence-corrected chi connectivity index (χ0v) is 16.7. The molecule has 0 spiro atoms. The predicted molar refractivity (Wildman–Crippen MR) is 107 cm³/mol. The van der Waals surface area contributed by atoms with Gasteiger partial charge in [0.15, 0.2) is 5.79 Å². The number of hydrogen-bond donors (Lipinski definition) is 1. The lowest BCUT2D eigenvalue weighted by atomic mass is 9.88. The molecule has 2 nitrogen and oxygen atoms in total. The van der Waals surface area contributed by atoms with Crippen LogP contribution >= 0.6 is 12.6 Å². The zero-order valence-electron chi connectivity index (χ0n) is 15.8. The molecule has 0 heterocycles. The fourth-order valence-corrected chi connectivity index (χ4v) is 3.77. The van der Waals surface area contributed by atoms with Crippen molar-refractivity contribution in [1.29, 1.82) is 0 Å². The summed E-state index contributed by atoms with van der Waals surface area (Å²) >= 11 is 4.64. The van der Waals surface area contributed by atoms with Crippen LogP contribution in [0.5, 0.6) is 0 Å². The van der Waals surface area contributed by atoms with Crippen molar-refractivity contribution >= 4 is 12.6 Å². The predicted octanol–water partition coefficient (Wildman–Crippen LogP) is 6.21. The molecule has 1 unspecified atom stereocenters. The molecule has 0 aliphatic carbocycles. The highest BCUT2D eigenvalue weighted by Crippen LogP contribution is 2.39. The van der Waals surface area contributed by atoms with E-state index >= 15 is 0 Å². The number of unbranched alkanes of at least 4 members (excludes halogenated alkanes) is 5. The second kappa shape index (κ2) is 12.8. The number of rotatable bonds is 14. The van der Waals surface area contributed by atoms with Crippen LogP contribution in [-0.2, 0) is 15.3 Å². The van der Waals surface area contributed by atoms with Crippen molar-refractivity contribution in [2.24, 2.45) is 5.92 Å². The van der Waals surface area contributed by atoms with Crippen LogP contribution in [0.2, 0.25) is 0 Å². The Kier molecular flexibility index (Phi) is 11.5. The van der Waals surface area contributed by atoms with Crippen molar-refractivity contribution in [2.75, 3.05) is 19.0 Å². The third-order valence-electron chi connectivity index (χ3n) is 4.56. The van der Waals surface area contributed by atoms with E-state index in [1.807, 2.05) is 19.9 Å². The largest absolute Gasteiger partial charge is 0.346 e. The fraction of sp³-hybridized carbons (Fsp3) is 0.714. The summed E-state index contributed by atoms with van der Waals surface area (Å²) in [6, 6.07) is 10.4. The van der Waals surface area contributed by atoms with Crippen molar-refractivity contribution in [3.63, 3.8) is 0 Å². The van der Waals surface area contributed by atoms with E-state index in [2.05, 4.69) is 43.8 Å². The van der Waals surface area contributed by atoms with Gasteiger partial charge >= 0.3 is 0 Å². The quantitative estimate of drug-likeness (QED) is 0.244. The smallest absolute Gasteiger partial charge is 0.198 e. The topological polar surface area (TPSA) is 18.5 Å². The molecule has 1 rings (SSSR count). The monoisotopic (exact) mass is 352 g/mol. The maximum Gasteiger partial charge on any atom is 0.198 e. The molecule has 1 atom stereocenters. The molecule has 1 aromatic carbocycles. The lowest BCUT2D eigenvalue weighted by molar-refractivity contribution is -0.271. The molecular formula is C21H36O2S. The molecule has 0 aliphatic heterocycles. The first-order chi connectivity index (χ1) is 11.7. The molecule has 0 radical (unpaired) electrons. The van der Waals surface area contributed by atoms with Gasteiger partial charge in [-0.05, 0) is 26.0 Å². The summed E-state index contributed by atoms with van der Waals surface area (Å²) in [6.45, 7) is 7.61. The Labute approximate surface area is 154 Å². The first kappa shape index (κ1) is 21.5. The van der Waals surface area contributed by atoms with Crippen molar-refractivity contribution in [1.82, 2.24) is 0 Å².